The number of hydrogen-bond donors (Lipinski definition) is 2. The number of benzene rings is 1. The molecule has 1 aliphatic heterocycles. The smallest absolute Gasteiger partial charge is 0.223 e. The summed E-state index contributed by atoms with van der Waals surface area (Å²) in [4.78, 5) is 12.6. The third-order valence-corrected chi connectivity index (χ3v) is 4.58. The van der Waals surface area contributed by atoms with E-state index in [1.54, 1.807) is 4.68 Å². The lowest BCUT2D eigenvalue weighted by molar-refractivity contribution is -0.127. The monoisotopic (exact) mass is 327 g/mol. The first-order chi connectivity index (χ1) is 11.5. The number of piperidine rings is 1. The predicted molar refractivity (Wildman–Crippen MR) is 92.7 cm³/mol. The molecule has 0 aliphatic carbocycles. The van der Waals surface area contributed by atoms with E-state index in [1.807, 2.05) is 50.4 Å². The molecule has 1 aromatic carbocycles. The van der Waals surface area contributed by atoms with Crippen LogP contribution in [0.4, 0.5) is 0 Å². The van der Waals surface area contributed by atoms with E-state index in [2.05, 4.69) is 27.9 Å². The van der Waals surface area contributed by atoms with Crippen molar-refractivity contribution in [2.75, 3.05) is 6.54 Å². The van der Waals surface area contributed by atoms with Crippen LogP contribution in [-0.2, 0) is 10.3 Å². The van der Waals surface area contributed by atoms with E-state index >= 15 is 0 Å². The molecule has 0 bridgehead atoms. The summed E-state index contributed by atoms with van der Waals surface area (Å²) < 4.78 is 1.73. The number of rotatable bonds is 4. The number of carbonyl (C=O) groups excluding carboxylic acids is 1. The van der Waals surface area contributed by atoms with E-state index in [0.717, 1.165) is 30.8 Å². The molecule has 2 N–H and O–H groups in total. The second-order valence-electron chi connectivity index (χ2n) is 7.07. The van der Waals surface area contributed by atoms with Crippen molar-refractivity contribution >= 4 is 5.91 Å². The fourth-order valence-corrected chi connectivity index (χ4v) is 3.10. The van der Waals surface area contributed by atoms with E-state index in [1.165, 1.54) is 0 Å². The van der Waals surface area contributed by atoms with Gasteiger partial charge in [-0.3, -0.25) is 4.79 Å². The number of carbonyl (C=O) groups is 1. The molecule has 6 nitrogen and oxygen atoms in total. The first kappa shape index (κ1) is 16.6. The second-order valence-corrected chi connectivity index (χ2v) is 7.07. The van der Waals surface area contributed by atoms with Crippen LogP contribution >= 0.6 is 0 Å². The topological polar surface area (TPSA) is 71.8 Å². The lowest BCUT2D eigenvalue weighted by Gasteiger charge is -2.31. The van der Waals surface area contributed by atoms with Crippen molar-refractivity contribution < 1.29 is 4.79 Å². The Bertz CT molecular complexity index is 694. The number of aromatic nitrogens is 3. The van der Waals surface area contributed by atoms with Gasteiger partial charge in [-0.05, 0) is 52.3 Å². The first-order valence-electron chi connectivity index (χ1n) is 8.49. The van der Waals surface area contributed by atoms with Crippen molar-refractivity contribution in [3.63, 3.8) is 0 Å². The molecule has 1 aliphatic rings. The molecule has 2 aromatic rings. The normalized spacial score (nSPS) is 21.5. The van der Waals surface area contributed by atoms with Crippen LogP contribution < -0.4 is 10.6 Å². The number of amides is 1. The molecule has 1 fully saturated rings. The zero-order chi connectivity index (χ0) is 17.2. The number of nitrogens with zero attached hydrogens (tertiary/aromatic N) is 3. The minimum atomic E-state index is -0.557. The molecule has 6 heteroatoms. The third kappa shape index (κ3) is 3.64. The highest BCUT2D eigenvalue weighted by Crippen LogP contribution is 2.22. The molecule has 128 valence electrons. The Morgan fingerprint density at radius 3 is 2.79 bits per heavy atom. The molecule has 1 aromatic heterocycles. The lowest BCUT2D eigenvalue weighted by Crippen LogP contribution is -2.48. The van der Waals surface area contributed by atoms with E-state index in [4.69, 9.17) is 0 Å². The van der Waals surface area contributed by atoms with E-state index in [0.29, 0.717) is 6.04 Å². The summed E-state index contributed by atoms with van der Waals surface area (Å²) >= 11 is 0. The van der Waals surface area contributed by atoms with Crippen LogP contribution in [0.15, 0.2) is 36.5 Å². The van der Waals surface area contributed by atoms with Gasteiger partial charge in [0.05, 0.1) is 17.4 Å². The molecule has 1 amide bonds. The molecule has 3 rings (SSSR count). The van der Waals surface area contributed by atoms with Crippen molar-refractivity contribution in [1.29, 1.82) is 0 Å². The van der Waals surface area contributed by atoms with Gasteiger partial charge in [-0.25, -0.2) is 4.68 Å². The summed E-state index contributed by atoms with van der Waals surface area (Å²) in [6.07, 6.45) is 3.63. The highest BCUT2D eigenvalue weighted by Gasteiger charge is 2.31. The number of para-hydroxylation sites is 1. The second kappa shape index (κ2) is 6.73. The Kier molecular flexibility index (Phi) is 4.66. The van der Waals surface area contributed by atoms with Crippen LogP contribution in [-0.4, -0.2) is 33.5 Å². The van der Waals surface area contributed by atoms with Crippen molar-refractivity contribution in [3.8, 4) is 5.69 Å². The zero-order valence-corrected chi connectivity index (χ0v) is 14.5. The predicted octanol–water partition coefficient (Wildman–Crippen LogP) is 2.01. The van der Waals surface area contributed by atoms with Gasteiger partial charge in [-0.1, -0.05) is 23.4 Å². The molecular formula is C18H25N5O. The summed E-state index contributed by atoms with van der Waals surface area (Å²) in [5.74, 6) is 0.160. The molecule has 2 atom stereocenters. The maximum Gasteiger partial charge on any atom is 0.223 e. The SMILES string of the molecule is C[C@H]1C[C@@H](C(=O)NC(C)(C)c2cn(-c3ccccc3)nn2)CCN1. The van der Waals surface area contributed by atoms with Crippen molar-refractivity contribution in [2.24, 2.45) is 5.92 Å². The van der Waals surface area contributed by atoms with Gasteiger partial charge < -0.3 is 10.6 Å². The van der Waals surface area contributed by atoms with Gasteiger partial charge >= 0.3 is 0 Å². The van der Waals surface area contributed by atoms with Crippen LogP contribution in [0.2, 0.25) is 0 Å². The Morgan fingerprint density at radius 1 is 1.33 bits per heavy atom. The van der Waals surface area contributed by atoms with Crippen LogP contribution in [0.5, 0.6) is 0 Å². The molecule has 2 heterocycles. The molecule has 0 spiro atoms. The van der Waals surface area contributed by atoms with Gasteiger partial charge in [0.15, 0.2) is 0 Å². The summed E-state index contributed by atoms with van der Waals surface area (Å²) in [6.45, 7) is 6.95. The van der Waals surface area contributed by atoms with Crippen molar-refractivity contribution in [3.05, 3.63) is 42.2 Å². The number of nitrogens with one attached hydrogen (secondary N) is 2. The zero-order valence-electron chi connectivity index (χ0n) is 14.5. The largest absolute Gasteiger partial charge is 0.345 e. The highest BCUT2D eigenvalue weighted by atomic mass is 16.2. The highest BCUT2D eigenvalue weighted by molar-refractivity contribution is 5.79. The first-order valence-corrected chi connectivity index (χ1v) is 8.49. The summed E-state index contributed by atoms with van der Waals surface area (Å²) in [5.41, 5.74) is 1.14. The minimum Gasteiger partial charge on any atom is -0.345 e. The van der Waals surface area contributed by atoms with Gasteiger partial charge in [0.25, 0.3) is 0 Å². The average Bonchev–Trinajstić information content (AvgIpc) is 3.06. The van der Waals surface area contributed by atoms with Crippen molar-refractivity contribution in [1.82, 2.24) is 25.6 Å². The van der Waals surface area contributed by atoms with Gasteiger partial charge in [0.2, 0.25) is 5.91 Å². The Morgan fingerprint density at radius 2 is 2.08 bits per heavy atom. The Balaban J connectivity index is 1.71. The molecule has 0 unspecified atom stereocenters. The van der Waals surface area contributed by atoms with Crippen LogP contribution in [0.1, 0.15) is 39.3 Å². The third-order valence-electron chi connectivity index (χ3n) is 4.58. The van der Waals surface area contributed by atoms with Gasteiger partial charge in [0.1, 0.15) is 5.69 Å². The van der Waals surface area contributed by atoms with E-state index in [-0.39, 0.29) is 11.8 Å². The van der Waals surface area contributed by atoms with E-state index in [9.17, 15) is 4.79 Å². The Hall–Kier alpha value is -2.21. The summed E-state index contributed by atoms with van der Waals surface area (Å²) in [5, 5.41) is 15.0. The van der Waals surface area contributed by atoms with Crippen molar-refractivity contribution in [2.45, 2.75) is 45.2 Å². The summed E-state index contributed by atoms with van der Waals surface area (Å²) in [6, 6.07) is 10.2. The molecule has 0 saturated carbocycles. The van der Waals surface area contributed by atoms with Gasteiger partial charge in [-0.2, -0.15) is 0 Å². The molecule has 0 radical (unpaired) electrons. The Labute approximate surface area is 142 Å². The lowest BCUT2D eigenvalue weighted by atomic mass is 9.91. The number of hydrogen-bond acceptors (Lipinski definition) is 4. The summed E-state index contributed by atoms with van der Waals surface area (Å²) in [7, 11) is 0. The quantitative estimate of drug-likeness (QED) is 0.901. The fraction of sp³-hybridized carbons (Fsp3) is 0.500. The van der Waals surface area contributed by atoms with Crippen LogP contribution in [0.25, 0.3) is 5.69 Å². The van der Waals surface area contributed by atoms with Crippen LogP contribution in [0.3, 0.4) is 0 Å². The standard InChI is InChI=1S/C18H25N5O/c1-13-11-14(9-10-19-13)17(24)20-18(2,3)16-12-23(22-21-16)15-7-5-4-6-8-15/h4-8,12-14,19H,9-11H2,1-3H3,(H,20,24)/t13-,14-/m0/s1. The van der Waals surface area contributed by atoms with Gasteiger partial charge in [0, 0.05) is 12.0 Å². The minimum absolute atomic E-state index is 0.0599. The average molecular weight is 327 g/mol. The fourth-order valence-electron chi connectivity index (χ4n) is 3.10. The molecule has 1 saturated heterocycles. The van der Waals surface area contributed by atoms with E-state index < -0.39 is 5.54 Å². The molecular weight excluding hydrogens is 302 g/mol. The van der Waals surface area contributed by atoms with Gasteiger partial charge in [-0.15, -0.1) is 5.10 Å². The van der Waals surface area contributed by atoms with Crippen LogP contribution in [0, 0.1) is 5.92 Å². The maximum absolute atomic E-state index is 12.6. The molecule has 24 heavy (non-hydrogen) atoms. The maximum atomic E-state index is 12.6.